The predicted molar refractivity (Wildman–Crippen MR) is 90.3 cm³/mol. The van der Waals surface area contributed by atoms with E-state index >= 15 is 0 Å². The number of nitrogens with zero attached hydrogens (tertiary/aromatic N) is 2. The average molecular weight is 428 g/mol. The highest BCUT2D eigenvalue weighted by Gasteiger charge is 2.30. The minimum absolute atomic E-state index is 0.130. The molecule has 0 saturated carbocycles. The molecule has 0 atom stereocenters. The molecule has 1 aliphatic carbocycles. The van der Waals surface area contributed by atoms with Gasteiger partial charge in [0.1, 0.15) is 0 Å². The van der Waals surface area contributed by atoms with Crippen molar-refractivity contribution in [1.29, 1.82) is 0 Å². The third kappa shape index (κ3) is 2.95. The molecule has 4 rings (SSSR count). The first kappa shape index (κ1) is 17.3. The summed E-state index contributed by atoms with van der Waals surface area (Å²) in [5.41, 5.74) is -5.17. The molecule has 0 spiro atoms. The Morgan fingerprint density at radius 2 is 1.23 bits per heavy atom. The SMILES string of the molecule is [2H]C1=C(c2c(F)c(F)nc(F)c2F)/C(=C(\[2H])c2c(F)c(F)nc(F)c2F)c2ccccc21. The minimum Gasteiger partial charge on any atom is -0.201 e. The molecule has 0 N–H and O–H groups in total. The fourth-order valence-corrected chi connectivity index (χ4v) is 2.89. The van der Waals surface area contributed by atoms with E-state index in [1.54, 1.807) is 0 Å². The molecule has 0 aliphatic heterocycles. The zero-order chi connectivity index (χ0) is 23.5. The van der Waals surface area contributed by atoms with Gasteiger partial charge < -0.3 is 0 Å². The maximum absolute atomic E-state index is 14.5. The van der Waals surface area contributed by atoms with Gasteiger partial charge in [0.15, 0.2) is 23.3 Å². The van der Waals surface area contributed by atoms with Crippen molar-refractivity contribution in [2.24, 2.45) is 0 Å². The van der Waals surface area contributed by atoms with E-state index in [1.165, 1.54) is 24.3 Å². The van der Waals surface area contributed by atoms with E-state index in [1.807, 2.05) is 0 Å². The van der Waals surface area contributed by atoms with Gasteiger partial charge in [0.05, 0.1) is 13.9 Å². The van der Waals surface area contributed by atoms with Gasteiger partial charge in [-0.15, -0.1) is 0 Å². The van der Waals surface area contributed by atoms with Crippen LogP contribution in [0, 0.1) is 47.1 Å². The van der Waals surface area contributed by atoms with E-state index in [-0.39, 0.29) is 11.1 Å². The molecular weight excluding hydrogens is 420 g/mol. The van der Waals surface area contributed by atoms with Gasteiger partial charge in [0.25, 0.3) is 23.8 Å². The second kappa shape index (κ2) is 7.05. The summed E-state index contributed by atoms with van der Waals surface area (Å²) in [6, 6.07) is 2.98. The maximum atomic E-state index is 14.5. The predicted octanol–water partition coefficient (Wildman–Crippen LogP) is 5.68. The van der Waals surface area contributed by atoms with Crippen LogP contribution in [0.3, 0.4) is 0 Å². The fourth-order valence-electron chi connectivity index (χ4n) is 2.89. The molecule has 0 unspecified atom stereocenters. The van der Waals surface area contributed by atoms with E-state index in [9.17, 15) is 35.1 Å². The molecule has 30 heavy (non-hydrogen) atoms. The lowest BCUT2D eigenvalue weighted by atomic mass is 9.95. The van der Waals surface area contributed by atoms with Crippen LogP contribution < -0.4 is 0 Å². The highest BCUT2D eigenvalue weighted by molar-refractivity contribution is 6.21. The molecule has 2 aromatic heterocycles. The molecule has 1 aliphatic rings. The summed E-state index contributed by atoms with van der Waals surface area (Å²) >= 11 is 0. The average Bonchev–Trinajstić information content (AvgIpc) is 3.04. The van der Waals surface area contributed by atoms with Crippen LogP contribution in [0.4, 0.5) is 35.1 Å². The van der Waals surface area contributed by atoms with Crippen LogP contribution in [0.15, 0.2) is 24.3 Å². The van der Waals surface area contributed by atoms with Gasteiger partial charge in [-0.2, -0.15) is 27.5 Å². The van der Waals surface area contributed by atoms with E-state index in [0.29, 0.717) is 0 Å². The quantitative estimate of drug-likeness (QED) is 0.388. The van der Waals surface area contributed by atoms with Gasteiger partial charge in [-0.3, -0.25) is 0 Å². The van der Waals surface area contributed by atoms with E-state index in [0.717, 1.165) is 0 Å². The first-order valence-electron chi connectivity index (χ1n) is 8.98. The number of hydrogen-bond donors (Lipinski definition) is 0. The van der Waals surface area contributed by atoms with Gasteiger partial charge in [-0.05, 0) is 34.4 Å². The van der Waals surface area contributed by atoms with Crippen molar-refractivity contribution in [3.05, 3.63) is 93.6 Å². The summed E-state index contributed by atoms with van der Waals surface area (Å²) < 4.78 is 129. The Balaban J connectivity index is 2.18. The van der Waals surface area contributed by atoms with Crippen LogP contribution in [-0.4, -0.2) is 9.97 Å². The molecular formula is C20H6F8N2. The third-order valence-corrected chi connectivity index (χ3v) is 4.20. The topological polar surface area (TPSA) is 25.8 Å². The van der Waals surface area contributed by atoms with Crippen LogP contribution in [-0.2, 0) is 0 Å². The van der Waals surface area contributed by atoms with Crippen molar-refractivity contribution in [2.75, 3.05) is 0 Å². The van der Waals surface area contributed by atoms with Crippen molar-refractivity contribution >= 4 is 23.3 Å². The van der Waals surface area contributed by atoms with Crippen LogP contribution in [0.5, 0.6) is 0 Å². The van der Waals surface area contributed by atoms with Crippen molar-refractivity contribution in [2.45, 2.75) is 0 Å². The number of benzene rings is 1. The summed E-state index contributed by atoms with van der Waals surface area (Å²) in [6.45, 7) is 0. The summed E-state index contributed by atoms with van der Waals surface area (Å²) in [4.78, 5) is 4.77. The minimum atomic E-state index is -2.11. The normalized spacial score (nSPS) is 15.9. The van der Waals surface area contributed by atoms with Crippen molar-refractivity contribution in [1.82, 2.24) is 9.97 Å². The Labute approximate surface area is 165 Å². The summed E-state index contributed by atoms with van der Waals surface area (Å²) in [7, 11) is 0. The lowest BCUT2D eigenvalue weighted by Gasteiger charge is -2.12. The summed E-state index contributed by atoms with van der Waals surface area (Å²) in [6.07, 6.45) is 0. The van der Waals surface area contributed by atoms with Crippen LogP contribution in [0.1, 0.15) is 25.0 Å². The molecule has 2 nitrogen and oxygen atoms in total. The number of pyridine rings is 2. The molecule has 0 saturated heterocycles. The van der Waals surface area contributed by atoms with Crippen molar-refractivity contribution in [3.63, 3.8) is 0 Å². The van der Waals surface area contributed by atoms with Gasteiger partial charge in [-0.25, -0.2) is 17.6 Å². The van der Waals surface area contributed by atoms with Gasteiger partial charge in [0, 0.05) is 0 Å². The molecule has 152 valence electrons. The van der Waals surface area contributed by atoms with Gasteiger partial charge >= 0.3 is 0 Å². The zero-order valence-corrected chi connectivity index (χ0v) is 14.2. The second-order valence-electron chi connectivity index (χ2n) is 5.94. The molecule has 0 fully saturated rings. The van der Waals surface area contributed by atoms with E-state index in [4.69, 9.17) is 2.74 Å². The molecule has 0 radical (unpaired) electrons. The van der Waals surface area contributed by atoms with Gasteiger partial charge in [-0.1, -0.05) is 24.3 Å². The van der Waals surface area contributed by atoms with Gasteiger partial charge in [0.2, 0.25) is 0 Å². The lowest BCUT2D eigenvalue weighted by Crippen LogP contribution is -2.06. The number of allylic oxidation sites excluding steroid dienone is 2. The number of hydrogen-bond acceptors (Lipinski definition) is 2. The molecule has 0 amide bonds. The number of aromatic nitrogens is 2. The molecule has 1 aromatic carbocycles. The Kier molecular flexibility index (Phi) is 4.07. The molecule has 3 aromatic rings. The molecule has 0 bridgehead atoms. The van der Waals surface area contributed by atoms with E-state index < -0.39 is 81.4 Å². The zero-order valence-electron chi connectivity index (χ0n) is 16.2. The Morgan fingerprint density at radius 1 is 0.733 bits per heavy atom. The fraction of sp³-hybridized carbons (Fsp3) is 0. The smallest absolute Gasteiger partial charge is 0.201 e. The summed E-state index contributed by atoms with van der Waals surface area (Å²) in [5, 5.41) is 0. The monoisotopic (exact) mass is 428 g/mol. The highest BCUT2D eigenvalue weighted by atomic mass is 19.2. The standard InChI is InChI=1S/C20H6F8N2/c21-13-11(14(22)18(26)29-17(13)25)6-9-8-4-2-1-3-7(8)5-10(9)12-15(23)19(27)30-20(28)16(12)24/h1-6H/b9-6+/i5D,6D. The Hall–Kier alpha value is -3.56. The lowest BCUT2D eigenvalue weighted by molar-refractivity contribution is 0.404. The Bertz CT molecular complexity index is 1330. The van der Waals surface area contributed by atoms with Crippen LogP contribution in [0.2, 0.25) is 0 Å². The van der Waals surface area contributed by atoms with Crippen LogP contribution >= 0.6 is 0 Å². The molecule has 2 heterocycles. The Morgan fingerprint density at radius 3 is 1.80 bits per heavy atom. The number of fused-ring (bicyclic) bond motifs is 1. The largest absolute Gasteiger partial charge is 0.252 e. The first-order chi connectivity index (χ1) is 15.1. The maximum Gasteiger partial charge on any atom is 0.252 e. The number of halogens is 8. The highest BCUT2D eigenvalue weighted by Crippen LogP contribution is 2.44. The third-order valence-electron chi connectivity index (χ3n) is 4.20. The molecule has 10 heteroatoms. The van der Waals surface area contributed by atoms with E-state index in [2.05, 4.69) is 9.97 Å². The van der Waals surface area contributed by atoms with Crippen molar-refractivity contribution < 1.29 is 37.9 Å². The number of rotatable bonds is 2. The van der Waals surface area contributed by atoms with Crippen LogP contribution in [0.25, 0.3) is 23.3 Å². The summed E-state index contributed by atoms with van der Waals surface area (Å²) in [5.74, 6) is -16.7. The van der Waals surface area contributed by atoms with Crippen molar-refractivity contribution in [3.8, 4) is 0 Å². The first-order valence-corrected chi connectivity index (χ1v) is 7.98. The second-order valence-corrected chi connectivity index (χ2v) is 5.94.